The summed E-state index contributed by atoms with van der Waals surface area (Å²) in [6.45, 7) is 1.36. The summed E-state index contributed by atoms with van der Waals surface area (Å²) < 4.78 is 48.7. The molecule has 0 saturated carbocycles. The molecule has 0 aliphatic rings. The van der Waals surface area contributed by atoms with Crippen molar-refractivity contribution < 1.29 is 17.2 Å². The first-order chi connectivity index (χ1) is 7.23. The Bertz CT molecular complexity index is 488. The quantitative estimate of drug-likeness (QED) is 0.790. The molecule has 16 heavy (non-hydrogen) atoms. The molecule has 6 heteroatoms. The number of hydrogen-bond acceptors (Lipinski definition) is 2. The van der Waals surface area contributed by atoms with Crippen LogP contribution in [-0.4, -0.2) is 19.9 Å². The zero-order chi connectivity index (χ0) is 12.5. The van der Waals surface area contributed by atoms with Crippen LogP contribution >= 0.6 is 11.6 Å². The van der Waals surface area contributed by atoms with Crippen LogP contribution in [0.4, 0.5) is 8.78 Å². The standard InChI is InChI=1S/C10H11ClF2O2S/c1-6(16(2,14)15)10(11)8-5-7(12)3-4-9(8)13/h3-6,10H,1-2H3. The average molecular weight is 269 g/mol. The second-order valence-electron chi connectivity index (χ2n) is 3.60. The third-order valence-corrected chi connectivity index (χ3v) is 4.73. The third kappa shape index (κ3) is 2.92. The summed E-state index contributed by atoms with van der Waals surface area (Å²) in [6.07, 6.45) is 1.00. The summed E-state index contributed by atoms with van der Waals surface area (Å²) in [6, 6.07) is 2.79. The summed E-state index contributed by atoms with van der Waals surface area (Å²) in [5, 5.41) is -2.09. The van der Waals surface area contributed by atoms with Gasteiger partial charge in [-0.05, 0) is 25.1 Å². The molecule has 0 aliphatic heterocycles. The van der Waals surface area contributed by atoms with Gasteiger partial charge in [-0.25, -0.2) is 17.2 Å². The van der Waals surface area contributed by atoms with Gasteiger partial charge in [-0.3, -0.25) is 0 Å². The lowest BCUT2D eigenvalue weighted by Gasteiger charge is -2.17. The predicted molar refractivity (Wildman–Crippen MR) is 59.3 cm³/mol. The summed E-state index contributed by atoms with van der Waals surface area (Å²) in [7, 11) is -3.40. The van der Waals surface area contributed by atoms with Gasteiger partial charge >= 0.3 is 0 Å². The molecule has 1 rings (SSSR count). The molecule has 0 saturated heterocycles. The lowest BCUT2D eigenvalue weighted by Crippen LogP contribution is -2.22. The Labute approximate surface area is 98.2 Å². The molecule has 0 spiro atoms. The van der Waals surface area contributed by atoms with E-state index < -0.39 is 32.1 Å². The van der Waals surface area contributed by atoms with Crippen LogP contribution < -0.4 is 0 Å². The number of sulfone groups is 1. The highest BCUT2D eigenvalue weighted by molar-refractivity contribution is 7.91. The topological polar surface area (TPSA) is 34.1 Å². The molecular formula is C10H11ClF2O2S. The molecular weight excluding hydrogens is 258 g/mol. The lowest BCUT2D eigenvalue weighted by molar-refractivity contribution is 0.568. The van der Waals surface area contributed by atoms with Crippen molar-refractivity contribution >= 4 is 21.4 Å². The smallest absolute Gasteiger partial charge is 0.151 e. The Morgan fingerprint density at radius 1 is 1.31 bits per heavy atom. The van der Waals surface area contributed by atoms with Crippen LogP contribution in [0.2, 0.25) is 0 Å². The van der Waals surface area contributed by atoms with Gasteiger partial charge in [0.2, 0.25) is 0 Å². The van der Waals surface area contributed by atoms with Crippen LogP contribution in [0, 0.1) is 11.6 Å². The highest BCUT2D eigenvalue weighted by Crippen LogP contribution is 2.30. The molecule has 1 aromatic carbocycles. The van der Waals surface area contributed by atoms with Gasteiger partial charge in [0.1, 0.15) is 11.6 Å². The van der Waals surface area contributed by atoms with Gasteiger partial charge in [0, 0.05) is 11.8 Å². The van der Waals surface area contributed by atoms with Crippen molar-refractivity contribution in [2.45, 2.75) is 17.6 Å². The summed E-state index contributed by atoms with van der Waals surface area (Å²) in [5.41, 5.74) is -0.139. The van der Waals surface area contributed by atoms with E-state index in [0.717, 1.165) is 24.5 Å². The second-order valence-corrected chi connectivity index (χ2v) is 6.48. The van der Waals surface area contributed by atoms with E-state index in [-0.39, 0.29) is 5.56 Å². The highest BCUT2D eigenvalue weighted by atomic mass is 35.5. The molecule has 0 radical (unpaired) electrons. The van der Waals surface area contributed by atoms with Crippen molar-refractivity contribution in [1.29, 1.82) is 0 Å². The van der Waals surface area contributed by atoms with Crippen LogP contribution in [0.5, 0.6) is 0 Å². The zero-order valence-electron chi connectivity index (χ0n) is 8.75. The lowest BCUT2D eigenvalue weighted by atomic mass is 10.1. The van der Waals surface area contributed by atoms with Gasteiger partial charge < -0.3 is 0 Å². The largest absolute Gasteiger partial charge is 0.229 e. The van der Waals surface area contributed by atoms with Gasteiger partial charge in [0.15, 0.2) is 9.84 Å². The van der Waals surface area contributed by atoms with Crippen molar-refractivity contribution in [3.8, 4) is 0 Å². The van der Waals surface area contributed by atoms with Crippen LogP contribution in [0.1, 0.15) is 17.9 Å². The number of rotatable bonds is 3. The van der Waals surface area contributed by atoms with E-state index in [1.165, 1.54) is 6.92 Å². The molecule has 0 heterocycles. The molecule has 0 N–H and O–H groups in total. The SMILES string of the molecule is CC(C(Cl)c1cc(F)ccc1F)S(C)(=O)=O. The Morgan fingerprint density at radius 2 is 1.88 bits per heavy atom. The molecule has 2 atom stereocenters. The van der Waals surface area contributed by atoms with E-state index in [1.807, 2.05) is 0 Å². The maximum Gasteiger partial charge on any atom is 0.151 e. The van der Waals surface area contributed by atoms with Crippen LogP contribution in [0.15, 0.2) is 18.2 Å². The first-order valence-corrected chi connectivity index (χ1v) is 6.90. The minimum atomic E-state index is -3.40. The number of alkyl halides is 1. The monoisotopic (exact) mass is 268 g/mol. The van der Waals surface area contributed by atoms with E-state index in [0.29, 0.717) is 0 Å². The second kappa shape index (κ2) is 4.67. The van der Waals surface area contributed by atoms with Crippen molar-refractivity contribution in [3.63, 3.8) is 0 Å². The number of hydrogen-bond donors (Lipinski definition) is 0. The molecule has 2 unspecified atom stereocenters. The number of benzene rings is 1. The van der Waals surface area contributed by atoms with E-state index in [4.69, 9.17) is 11.6 Å². The Morgan fingerprint density at radius 3 is 2.38 bits per heavy atom. The maximum absolute atomic E-state index is 13.3. The molecule has 0 amide bonds. The van der Waals surface area contributed by atoms with E-state index >= 15 is 0 Å². The predicted octanol–water partition coefficient (Wildman–Crippen LogP) is 2.68. The highest BCUT2D eigenvalue weighted by Gasteiger charge is 2.27. The average Bonchev–Trinajstić information content (AvgIpc) is 2.18. The molecule has 0 fully saturated rings. The van der Waals surface area contributed by atoms with Crippen LogP contribution in [0.25, 0.3) is 0 Å². The zero-order valence-corrected chi connectivity index (χ0v) is 10.3. The van der Waals surface area contributed by atoms with Gasteiger partial charge in [-0.1, -0.05) is 0 Å². The van der Waals surface area contributed by atoms with Gasteiger partial charge in [0.05, 0.1) is 10.6 Å². The van der Waals surface area contributed by atoms with E-state index in [1.54, 1.807) is 0 Å². The normalized spacial score (nSPS) is 15.8. The van der Waals surface area contributed by atoms with Crippen molar-refractivity contribution in [1.82, 2.24) is 0 Å². The maximum atomic E-state index is 13.3. The van der Waals surface area contributed by atoms with Crippen molar-refractivity contribution in [2.75, 3.05) is 6.26 Å². The molecule has 1 aromatic rings. The molecule has 0 aromatic heterocycles. The minimum absolute atomic E-state index is 0.139. The van der Waals surface area contributed by atoms with Gasteiger partial charge in [-0.15, -0.1) is 11.6 Å². The van der Waals surface area contributed by atoms with E-state index in [9.17, 15) is 17.2 Å². The van der Waals surface area contributed by atoms with Crippen LogP contribution in [0.3, 0.4) is 0 Å². The van der Waals surface area contributed by atoms with E-state index in [2.05, 4.69) is 0 Å². The fourth-order valence-electron chi connectivity index (χ4n) is 1.20. The van der Waals surface area contributed by atoms with Gasteiger partial charge in [0.25, 0.3) is 0 Å². The molecule has 0 bridgehead atoms. The fraction of sp³-hybridized carbons (Fsp3) is 0.400. The van der Waals surface area contributed by atoms with Crippen molar-refractivity contribution in [3.05, 3.63) is 35.4 Å². The first kappa shape index (κ1) is 13.4. The Balaban J connectivity index is 3.14. The Hall–Kier alpha value is -0.680. The molecule has 0 aliphatic carbocycles. The summed E-state index contributed by atoms with van der Waals surface area (Å²) in [4.78, 5) is 0. The Kier molecular flexibility index (Phi) is 3.91. The van der Waals surface area contributed by atoms with Gasteiger partial charge in [-0.2, -0.15) is 0 Å². The fourth-order valence-corrected chi connectivity index (χ4v) is 2.50. The third-order valence-electron chi connectivity index (χ3n) is 2.34. The van der Waals surface area contributed by atoms with Crippen molar-refractivity contribution in [2.24, 2.45) is 0 Å². The molecule has 90 valence electrons. The molecule has 2 nitrogen and oxygen atoms in total. The van der Waals surface area contributed by atoms with Crippen LogP contribution in [-0.2, 0) is 9.84 Å². The summed E-state index contributed by atoms with van der Waals surface area (Å²) >= 11 is 5.83. The first-order valence-electron chi connectivity index (χ1n) is 4.51. The minimum Gasteiger partial charge on any atom is -0.229 e. The number of halogens is 3. The summed E-state index contributed by atoms with van der Waals surface area (Å²) in [5.74, 6) is -1.36.